The molecule has 24 heavy (non-hydrogen) atoms. The molecule has 4 rings (SSSR count). The lowest BCUT2D eigenvalue weighted by Crippen LogP contribution is -2.55. The zero-order chi connectivity index (χ0) is 16.5. The van der Waals surface area contributed by atoms with Crippen LogP contribution in [0.1, 0.15) is 24.8 Å². The van der Waals surface area contributed by atoms with Crippen molar-refractivity contribution in [2.75, 3.05) is 33.0 Å². The van der Waals surface area contributed by atoms with Crippen LogP contribution in [0.25, 0.3) is 0 Å². The van der Waals surface area contributed by atoms with E-state index in [1.165, 1.54) is 0 Å². The zero-order valence-electron chi connectivity index (χ0n) is 13.9. The second-order valence-electron chi connectivity index (χ2n) is 7.08. The van der Waals surface area contributed by atoms with Gasteiger partial charge in [0, 0.05) is 44.3 Å². The minimum Gasteiger partial charge on any atom is -0.454 e. The lowest BCUT2D eigenvalue weighted by atomic mass is 9.96. The number of rotatable bonds is 3. The number of para-hydroxylation sites is 1. The predicted molar refractivity (Wildman–Crippen MR) is 89.1 cm³/mol. The molecule has 0 aromatic heterocycles. The molecule has 2 fully saturated rings. The highest BCUT2D eigenvalue weighted by molar-refractivity contribution is 5.48. The van der Waals surface area contributed by atoms with Gasteiger partial charge >= 0.3 is 0 Å². The van der Waals surface area contributed by atoms with Crippen LogP contribution in [0.2, 0.25) is 0 Å². The van der Waals surface area contributed by atoms with Crippen LogP contribution in [0.4, 0.5) is 0 Å². The first-order valence-electron chi connectivity index (χ1n) is 8.91. The third-order valence-electron chi connectivity index (χ3n) is 5.47. The third kappa shape index (κ3) is 3.24. The molecule has 132 valence electrons. The Morgan fingerprint density at radius 3 is 2.67 bits per heavy atom. The van der Waals surface area contributed by atoms with E-state index in [0.717, 1.165) is 62.5 Å². The van der Waals surface area contributed by atoms with Gasteiger partial charge in [-0.05, 0) is 25.3 Å². The molecular formula is C18H26N2O4. The van der Waals surface area contributed by atoms with E-state index in [0.29, 0.717) is 6.54 Å². The first kappa shape index (κ1) is 16.1. The first-order valence-corrected chi connectivity index (χ1v) is 8.91. The fourth-order valence-electron chi connectivity index (χ4n) is 4.13. The van der Waals surface area contributed by atoms with Crippen LogP contribution < -0.4 is 9.47 Å². The predicted octanol–water partition coefficient (Wildman–Crippen LogP) is 0.807. The lowest BCUT2D eigenvalue weighted by Gasteiger charge is -2.43. The van der Waals surface area contributed by atoms with Gasteiger partial charge < -0.3 is 19.7 Å². The van der Waals surface area contributed by atoms with Crippen LogP contribution in [0.15, 0.2) is 18.2 Å². The topological polar surface area (TPSA) is 65.4 Å². The van der Waals surface area contributed by atoms with E-state index in [2.05, 4.69) is 15.9 Å². The van der Waals surface area contributed by atoms with Crippen LogP contribution in [-0.2, 0) is 6.54 Å². The summed E-state index contributed by atoms with van der Waals surface area (Å²) in [7, 11) is 0. The normalized spacial score (nSPS) is 29.1. The van der Waals surface area contributed by atoms with E-state index < -0.39 is 0 Å². The Labute approximate surface area is 142 Å². The molecule has 6 nitrogen and oxygen atoms in total. The van der Waals surface area contributed by atoms with Gasteiger partial charge in [-0.3, -0.25) is 9.80 Å². The van der Waals surface area contributed by atoms with Crippen LogP contribution in [0.5, 0.6) is 11.5 Å². The Morgan fingerprint density at radius 2 is 1.88 bits per heavy atom. The highest BCUT2D eigenvalue weighted by Gasteiger charge is 2.34. The summed E-state index contributed by atoms with van der Waals surface area (Å²) in [5, 5.41) is 20.3. The molecule has 2 N–H and O–H groups in total. The van der Waals surface area contributed by atoms with Gasteiger partial charge in [0.15, 0.2) is 11.5 Å². The average molecular weight is 334 g/mol. The quantitative estimate of drug-likeness (QED) is 0.853. The molecule has 2 atom stereocenters. The van der Waals surface area contributed by atoms with Crippen molar-refractivity contribution in [2.45, 2.75) is 44.1 Å². The highest BCUT2D eigenvalue weighted by Crippen LogP contribution is 2.36. The van der Waals surface area contributed by atoms with Crippen molar-refractivity contribution in [3.8, 4) is 11.5 Å². The molecular weight excluding hydrogens is 308 g/mol. The SMILES string of the molecule is OC1CCN([C@@H]2CCN(Cc3cccc4c3OCO4)C[C@H]2O)CC1. The number of piperidine rings is 2. The Kier molecular flexibility index (Phi) is 4.63. The molecule has 1 aromatic rings. The van der Waals surface area contributed by atoms with Crippen molar-refractivity contribution < 1.29 is 19.7 Å². The van der Waals surface area contributed by atoms with E-state index in [-0.39, 0.29) is 25.0 Å². The molecule has 0 amide bonds. The van der Waals surface area contributed by atoms with E-state index in [9.17, 15) is 10.2 Å². The Balaban J connectivity index is 1.36. The Morgan fingerprint density at radius 1 is 1.04 bits per heavy atom. The monoisotopic (exact) mass is 334 g/mol. The number of fused-ring (bicyclic) bond motifs is 1. The van der Waals surface area contributed by atoms with Crippen molar-refractivity contribution in [1.82, 2.24) is 9.80 Å². The van der Waals surface area contributed by atoms with Crippen molar-refractivity contribution in [1.29, 1.82) is 0 Å². The van der Waals surface area contributed by atoms with Crippen molar-refractivity contribution in [3.05, 3.63) is 23.8 Å². The molecule has 2 saturated heterocycles. The van der Waals surface area contributed by atoms with E-state index >= 15 is 0 Å². The molecule has 3 aliphatic heterocycles. The molecule has 0 bridgehead atoms. The fraction of sp³-hybridized carbons (Fsp3) is 0.667. The lowest BCUT2D eigenvalue weighted by molar-refractivity contribution is -0.0356. The van der Waals surface area contributed by atoms with Gasteiger partial charge in [0.2, 0.25) is 6.79 Å². The van der Waals surface area contributed by atoms with Gasteiger partial charge in [0.1, 0.15) is 0 Å². The summed E-state index contributed by atoms with van der Waals surface area (Å²) in [5.74, 6) is 1.66. The van der Waals surface area contributed by atoms with Gasteiger partial charge in [0.05, 0.1) is 12.2 Å². The second kappa shape index (κ2) is 6.88. The van der Waals surface area contributed by atoms with Gasteiger partial charge in [-0.25, -0.2) is 0 Å². The van der Waals surface area contributed by atoms with Gasteiger partial charge in [0.25, 0.3) is 0 Å². The third-order valence-corrected chi connectivity index (χ3v) is 5.47. The van der Waals surface area contributed by atoms with Crippen LogP contribution >= 0.6 is 0 Å². The maximum atomic E-state index is 10.6. The molecule has 1 aromatic carbocycles. The molecule has 0 spiro atoms. The summed E-state index contributed by atoms with van der Waals surface area (Å²) in [6.45, 7) is 4.48. The van der Waals surface area contributed by atoms with E-state index in [1.54, 1.807) is 0 Å². The van der Waals surface area contributed by atoms with Gasteiger partial charge in [-0.1, -0.05) is 12.1 Å². The summed E-state index contributed by atoms with van der Waals surface area (Å²) < 4.78 is 11.0. The summed E-state index contributed by atoms with van der Waals surface area (Å²) in [4.78, 5) is 4.64. The maximum Gasteiger partial charge on any atom is 0.231 e. The minimum absolute atomic E-state index is 0.166. The zero-order valence-corrected chi connectivity index (χ0v) is 13.9. The number of hydrogen-bond donors (Lipinski definition) is 2. The standard InChI is InChI=1S/C18H26N2O4/c21-14-4-8-20(9-5-14)15-6-7-19(11-16(15)22)10-13-2-1-3-17-18(13)24-12-23-17/h1-3,14-16,21-22H,4-12H2/t15-,16-/m1/s1. The Hall–Kier alpha value is -1.34. The van der Waals surface area contributed by atoms with Crippen molar-refractivity contribution in [3.63, 3.8) is 0 Å². The molecule has 6 heteroatoms. The fourth-order valence-corrected chi connectivity index (χ4v) is 4.13. The largest absolute Gasteiger partial charge is 0.454 e. The molecule has 0 radical (unpaired) electrons. The molecule has 3 aliphatic rings. The molecule has 0 aliphatic carbocycles. The van der Waals surface area contributed by atoms with Crippen molar-refractivity contribution >= 4 is 0 Å². The van der Waals surface area contributed by atoms with E-state index in [4.69, 9.17) is 9.47 Å². The number of likely N-dealkylation sites (tertiary alicyclic amines) is 2. The number of aliphatic hydroxyl groups excluding tert-OH is 2. The minimum atomic E-state index is -0.345. The summed E-state index contributed by atoms with van der Waals surface area (Å²) in [5.41, 5.74) is 1.12. The maximum absolute atomic E-state index is 10.6. The Bertz CT molecular complexity index is 574. The number of hydrogen-bond acceptors (Lipinski definition) is 6. The van der Waals surface area contributed by atoms with Crippen LogP contribution in [0, 0.1) is 0 Å². The van der Waals surface area contributed by atoms with Gasteiger partial charge in [-0.15, -0.1) is 0 Å². The number of nitrogens with zero attached hydrogens (tertiary/aromatic N) is 2. The molecule has 0 saturated carbocycles. The first-order chi connectivity index (χ1) is 11.7. The summed E-state index contributed by atoms with van der Waals surface area (Å²) in [6.07, 6.45) is 2.09. The smallest absolute Gasteiger partial charge is 0.231 e. The highest BCUT2D eigenvalue weighted by atomic mass is 16.7. The molecule has 3 heterocycles. The number of benzene rings is 1. The van der Waals surface area contributed by atoms with Gasteiger partial charge in [-0.2, -0.15) is 0 Å². The molecule has 0 unspecified atom stereocenters. The average Bonchev–Trinajstić information content (AvgIpc) is 3.06. The number of ether oxygens (including phenoxy) is 2. The van der Waals surface area contributed by atoms with Crippen LogP contribution in [0.3, 0.4) is 0 Å². The van der Waals surface area contributed by atoms with Crippen LogP contribution in [-0.4, -0.2) is 71.2 Å². The van der Waals surface area contributed by atoms with Crippen molar-refractivity contribution in [2.24, 2.45) is 0 Å². The number of β-amino-alcohol motifs (C(OH)–C–C–N with tert-alkyl or cyclic N) is 1. The number of aliphatic hydroxyl groups is 2. The summed E-state index contributed by atoms with van der Waals surface area (Å²) >= 11 is 0. The van der Waals surface area contributed by atoms with E-state index in [1.807, 2.05) is 12.1 Å². The second-order valence-corrected chi connectivity index (χ2v) is 7.08. The summed E-state index contributed by atoms with van der Waals surface area (Å²) in [6, 6.07) is 6.20.